The number of carboxylic acids is 1. The summed E-state index contributed by atoms with van der Waals surface area (Å²) in [4.78, 5) is 35.6. The van der Waals surface area contributed by atoms with E-state index in [0.717, 1.165) is 22.3 Å². The van der Waals surface area contributed by atoms with Gasteiger partial charge in [0.2, 0.25) is 5.91 Å². The Morgan fingerprint density at radius 2 is 1.66 bits per heavy atom. The normalized spacial score (nSPS) is 20.3. The summed E-state index contributed by atoms with van der Waals surface area (Å²) in [5.41, 5.74) is 4.23. The molecule has 0 radical (unpaired) electrons. The van der Waals surface area contributed by atoms with Crippen molar-refractivity contribution in [2.45, 2.75) is 44.1 Å². The molecular formula is C26H28F2N2O5. The maximum Gasteiger partial charge on any atom is 0.407 e. The Morgan fingerprint density at radius 1 is 1.06 bits per heavy atom. The van der Waals surface area contributed by atoms with E-state index in [9.17, 15) is 23.2 Å². The van der Waals surface area contributed by atoms with Gasteiger partial charge in [-0.25, -0.2) is 13.6 Å². The van der Waals surface area contributed by atoms with Crippen molar-refractivity contribution >= 4 is 18.0 Å². The minimum absolute atomic E-state index is 0.0543. The maximum absolute atomic E-state index is 14.3. The highest BCUT2D eigenvalue weighted by Gasteiger charge is 2.71. The zero-order valence-electron chi connectivity index (χ0n) is 19.3. The molecule has 2 aliphatic carbocycles. The molecule has 0 aromatic heterocycles. The highest BCUT2D eigenvalue weighted by Crippen LogP contribution is 2.55. The number of carbonyl (C=O) groups excluding carboxylic acids is 2. The van der Waals surface area contributed by atoms with Crippen LogP contribution in [-0.2, 0) is 14.3 Å². The lowest BCUT2D eigenvalue weighted by atomic mass is 9.98. The van der Waals surface area contributed by atoms with Crippen LogP contribution in [0.5, 0.6) is 0 Å². The Hall–Kier alpha value is -3.49. The minimum Gasteiger partial charge on any atom is -0.481 e. The van der Waals surface area contributed by atoms with Gasteiger partial charge < -0.3 is 20.5 Å². The Balaban J connectivity index is 1.30. The number of benzene rings is 2. The molecule has 0 saturated heterocycles. The number of rotatable bonds is 10. The van der Waals surface area contributed by atoms with E-state index in [1.165, 1.54) is 0 Å². The summed E-state index contributed by atoms with van der Waals surface area (Å²) in [7, 11) is 0. The van der Waals surface area contributed by atoms with E-state index in [1.807, 2.05) is 55.5 Å². The quantitative estimate of drug-likeness (QED) is 0.468. The molecule has 0 unspecified atom stereocenters. The van der Waals surface area contributed by atoms with E-state index < -0.39 is 48.3 Å². The van der Waals surface area contributed by atoms with E-state index in [2.05, 4.69) is 10.6 Å². The fraction of sp³-hybridized carbons (Fsp3) is 0.423. The van der Waals surface area contributed by atoms with E-state index in [0.29, 0.717) is 12.8 Å². The van der Waals surface area contributed by atoms with Gasteiger partial charge in [0, 0.05) is 18.5 Å². The monoisotopic (exact) mass is 486 g/mol. The van der Waals surface area contributed by atoms with Crippen molar-refractivity contribution in [2.75, 3.05) is 13.2 Å². The number of hydrogen-bond donors (Lipinski definition) is 3. The highest BCUT2D eigenvalue weighted by atomic mass is 19.3. The third-order valence-corrected chi connectivity index (χ3v) is 6.70. The van der Waals surface area contributed by atoms with Gasteiger partial charge in [-0.1, -0.05) is 61.9 Å². The van der Waals surface area contributed by atoms with Crippen LogP contribution in [0.25, 0.3) is 11.1 Å². The van der Waals surface area contributed by atoms with E-state index in [1.54, 1.807) is 0 Å². The topological polar surface area (TPSA) is 105 Å². The fourth-order valence-electron chi connectivity index (χ4n) is 4.92. The van der Waals surface area contributed by atoms with E-state index in [-0.39, 0.29) is 18.9 Å². The second-order valence-electron chi connectivity index (χ2n) is 9.06. The molecule has 0 spiro atoms. The number of nitrogens with one attached hydrogen (secondary N) is 2. The lowest BCUT2D eigenvalue weighted by Gasteiger charge is -2.16. The van der Waals surface area contributed by atoms with Gasteiger partial charge >= 0.3 is 12.1 Å². The van der Waals surface area contributed by atoms with Crippen molar-refractivity contribution < 1.29 is 33.0 Å². The number of carbonyl (C=O) groups is 3. The third kappa shape index (κ3) is 5.13. The van der Waals surface area contributed by atoms with Crippen molar-refractivity contribution in [1.29, 1.82) is 0 Å². The lowest BCUT2D eigenvalue weighted by molar-refractivity contribution is -0.137. The Labute approximate surface area is 201 Å². The smallest absolute Gasteiger partial charge is 0.407 e. The first-order valence-corrected chi connectivity index (χ1v) is 11.7. The van der Waals surface area contributed by atoms with Crippen LogP contribution in [0.4, 0.5) is 13.6 Å². The second-order valence-corrected chi connectivity index (χ2v) is 9.06. The summed E-state index contributed by atoms with van der Waals surface area (Å²) in [5, 5.41) is 13.7. The number of ether oxygens (including phenoxy) is 1. The molecule has 35 heavy (non-hydrogen) atoms. The van der Waals surface area contributed by atoms with Crippen LogP contribution in [0.2, 0.25) is 0 Å². The van der Waals surface area contributed by atoms with E-state index >= 15 is 0 Å². The van der Waals surface area contributed by atoms with Crippen LogP contribution in [0.15, 0.2) is 48.5 Å². The van der Waals surface area contributed by atoms with Gasteiger partial charge in [-0.05, 0) is 28.7 Å². The molecule has 3 N–H and O–H groups in total. The highest BCUT2D eigenvalue weighted by molar-refractivity contribution is 5.84. The number of halogens is 2. The van der Waals surface area contributed by atoms with Crippen LogP contribution in [0, 0.1) is 11.8 Å². The molecule has 4 rings (SSSR count). The molecular weight excluding hydrogens is 458 g/mol. The summed E-state index contributed by atoms with van der Waals surface area (Å²) < 4.78 is 33.9. The molecule has 2 aromatic rings. The minimum atomic E-state index is -3.28. The molecule has 7 nitrogen and oxygen atoms in total. The number of fused-ring (bicyclic) bond motifs is 3. The van der Waals surface area contributed by atoms with Crippen LogP contribution in [0.3, 0.4) is 0 Å². The average molecular weight is 487 g/mol. The summed E-state index contributed by atoms with van der Waals surface area (Å²) in [6.07, 6.45) is -0.186. The molecule has 2 aromatic carbocycles. The molecule has 1 fully saturated rings. The van der Waals surface area contributed by atoms with Crippen LogP contribution in [-0.4, -0.2) is 48.2 Å². The van der Waals surface area contributed by atoms with Gasteiger partial charge in [-0.3, -0.25) is 9.59 Å². The van der Waals surface area contributed by atoms with Gasteiger partial charge in [-0.15, -0.1) is 0 Å². The number of alkyl halides is 2. The first kappa shape index (κ1) is 24.6. The van der Waals surface area contributed by atoms with Crippen LogP contribution in [0.1, 0.15) is 43.2 Å². The molecule has 1 saturated carbocycles. The summed E-state index contributed by atoms with van der Waals surface area (Å²) >= 11 is 0. The number of hydrogen-bond acceptors (Lipinski definition) is 4. The molecule has 3 atom stereocenters. The van der Waals surface area contributed by atoms with Crippen molar-refractivity contribution in [3.05, 3.63) is 59.7 Å². The summed E-state index contributed by atoms with van der Waals surface area (Å²) in [5.74, 6) is -8.41. The second kappa shape index (κ2) is 10.0. The van der Waals surface area contributed by atoms with E-state index in [4.69, 9.17) is 9.84 Å². The maximum atomic E-state index is 14.3. The zero-order chi connectivity index (χ0) is 25.2. The Morgan fingerprint density at radius 3 is 2.23 bits per heavy atom. The van der Waals surface area contributed by atoms with Crippen molar-refractivity contribution in [3.63, 3.8) is 0 Å². The van der Waals surface area contributed by atoms with Crippen LogP contribution < -0.4 is 10.6 Å². The van der Waals surface area contributed by atoms with Crippen molar-refractivity contribution in [1.82, 2.24) is 10.6 Å². The first-order valence-electron chi connectivity index (χ1n) is 11.7. The Kier molecular flexibility index (Phi) is 7.05. The van der Waals surface area contributed by atoms with Gasteiger partial charge in [0.25, 0.3) is 5.92 Å². The van der Waals surface area contributed by atoms with Gasteiger partial charge in [-0.2, -0.15) is 0 Å². The van der Waals surface area contributed by atoms with Crippen molar-refractivity contribution in [2.24, 2.45) is 11.8 Å². The number of alkyl carbamates (subject to hydrolysis) is 1. The van der Waals surface area contributed by atoms with Gasteiger partial charge in [0.05, 0.1) is 12.3 Å². The molecule has 186 valence electrons. The SMILES string of the molecule is CCC[C@H](CC(=O)O)NC(=O)[C@@H]1[C@H](CNC(=O)OCC2c3ccccc3-c3ccccc32)C1(F)F. The van der Waals surface area contributed by atoms with Crippen molar-refractivity contribution in [3.8, 4) is 11.1 Å². The summed E-state index contributed by atoms with van der Waals surface area (Å²) in [6.45, 7) is 1.45. The largest absolute Gasteiger partial charge is 0.481 e. The molecule has 9 heteroatoms. The number of carboxylic acid groups (broad SMARTS) is 1. The predicted octanol–water partition coefficient (Wildman–Crippen LogP) is 4.17. The number of amides is 2. The average Bonchev–Trinajstić information content (AvgIpc) is 3.22. The first-order chi connectivity index (χ1) is 16.7. The molecule has 0 aliphatic heterocycles. The van der Waals surface area contributed by atoms with Gasteiger partial charge in [0.1, 0.15) is 12.5 Å². The van der Waals surface area contributed by atoms with Crippen LogP contribution >= 0.6 is 0 Å². The molecule has 2 amide bonds. The fourth-order valence-corrected chi connectivity index (χ4v) is 4.92. The third-order valence-electron chi connectivity index (χ3n) is 6.70. The molecule has 0 bridgehead atoms. The predicted molar refractivity (Wildman–Crippen MR) is 124 cm³/mol. The summed E-state index contributed by atoms with van der Waals surface area (Å²) in [6, 6.07) is 15.0. The molecule has 0 heterocycles. The molecule has 2 aliphatic rings. The Bertz CT molecular complexity index is 1080. The zero-order valence-corrected chi connectivity index (χ0v) is 19.3. The number of aliphatic carboxylic acids is 1. The lowest BCUT2D eigenvalue weighted by Crippen LogP contribution is -2.38. The standard InChI is InChI=1S/C26H28F2N2O5/c1-2-7-15(12-22(31)32)30-24(33)23-21(26(23,27)28)13-29-25(34)35-14-20-18-10-5-3-8-16(18)17-9-4-6-11-19(17)20/h3-6,8-11,15,20-21,23H,2,7,12-14H2,1H3,(H,29,34)(H,30,33)(H,31,32)/t15-,21+,23+/m1/s1. The van der Waals surface area contributed by atoms with Gasteiger partial charge in [0.15, 0.2) is 0 Å².